The number of hydrogen-bond acceptors (Lipinski definition) is 2. The topological polar surface area (TPSA) is 29.3 Å². The van der Waals surface area contributed by atoms with Crippen LogP contribution in [0.5, 0.6) is 0 Å². The van der Waals surface area contributed by atoms with Gasteiger partial charge in [-0.3, -0.25) is 4.90 Å². The van der Waals surface area contributed by atoms with Crippen LogP contribution in [-0.4, -0.2) is 30.6 Å². The molecule has 104 valence electrons. The summed E-state index contributed by atoms with van der Waals surface area (Å²) in [6.45, 7) is 15.7. The summed E-state index contributed by atoms with van der Waals surface area (Å²) < 4.78 is 0. The second-order valence-electron chi connectivity index (χ2n) is 7.16. The summed E-state index contributed by atoms with van der Waals surface area (Å²) in [6.07, 6.45) is 3.65. The van der Waals surface area contributed by atoms with Crippen LogP contribution in [0.25, 0.3) is 0 Å². The van der Waals surface area contributed by atoms with Crippen molar-refractivity contribution in [1.82, 2.24) is 4.90 Å². The summed E-state index contributed by atoms with van der Waals surface area (Å²) in [4.78, 5) is 2.47. The monoisotopic (exact) mass is 242 g/mol. The Labute approximate surface area is 109 Å². The Kier molecular flexibility index (Phi) is 6.71. The largest absolute Gasteiger partial charge is 0.329 e. The normalized spacial score (nSPS) is 18.2. The average molecular weight is 242 g/mol. The maximum absolute atomic E-state index is 6.01. The van der Waals surface area contributed by atoms with E-state index in [4.69, 9.17) is 5.73 Å². The van der Waals surface area contributed by atoms with E-state index in [-0.39, 0.29) is 5.54 Å². The molecule has 0 aromatic carbocycles. The van der Waals surface area contributed by atoms with Crippen molar-refractivity contribution in [2.75, 3.05) is 20.1 Å². The molecule has 0 fully saturated rings. The van der Waals surface area contributed by atoms with E-state index in [1.54, 1.807) is 0 Å². The van der Waals surface area contributed by atoms with Crippen molar-refractivity contribution < 1.29 is 0 Å². The molecule has 2 nitrogen and oxygen atoms in total. The first-order valence-electron chi connectivity index (χ1n) is 7.06. The Morgan fingerprint density at radius 1 is 1.12 bits per heavy atom. The van der Waals surface area contributed by atoms with Crippen molar-refractivity contribution in [2.24, 2.45) is 17.1 Å². The van der Waals surface area contributed by atoms with Gasteiger partial charge in [0.2, 0.25) is 0 Å². The molecule has 17 heavy (non-hydrogen) atoms. The van der Waals surface area contributed by atoms with Crippen molar-refractivity contribution in [2.45, 2.75) is 66.3 Å². The molecule has 0 rings (SSSR count). The van der Waals surface area contributed by atoms with Gasteiger partial charge in [0.1, 0.15) is 0 Å². The van der Waals surface area contributed by atoms with Crippen LogP contribution in [0, 0.1) is 11.3 Å². The predicted octanol–water partition coefficient (Wildman–Crippen LogP) is 3.51. The summed E-state index contributed by atoms with van der Waals surface area (Å²) >= 11 is 0. The third-order valence-electron chi connectivity index (χ3n) is 4.06. The lowest BCUT2D eigenvalue weighted by molar-refractivity contribution is 0.101. The van der Waals surface area contributed by atoms with Crippen LogP contribution in [0.15, 0.2) is 0 Å². The molecular weight excluding hydrogens is 208 g/mol. The molecule has 0 saturated carbocycles. The van der Waals surface area contributed by atoms with Gasteiger partial charge in [0, 0.05) is 18.6 Å². The van der Waals surface area contributed by atoms with Crippen molar-refractivity contribution in [3.8, 4) is 0 Å². The van der Waals surface area contributed by atoms with Crippen molar-refractivity contribution in [3.05, 3.63) is 0 Å². The summed E-state index contributed by atoms with van der Waals surface area (Å²) in [5.74, 6) is 0.750. The summed E-state index contributed by atoms with van der Waals surface area (Å²) in [5, 5.41) is 0. The number of hydrogen-bond donors (Lipinski definition) is 1. The predicted molar refractivity (Wildman–Crippen MR) is 78.2 cm³/mol. The summed E-state index contributed by atoms with van der Waals surface area (Å²) in [7, 11) is 2.22. The molecule has 0 saturated heterocycles. The fourth-order valence-corrected chi connectivity index (χ4v) is 1.91. The number of nitrogens with zero attached hydrogens (tertiary/aromatic N) is 1. The molecule has 0 spiro atoms. The van der Waals surface area contributed by atoms with E-state index in [0.717, 1.165) is 19.0 Å². The van der Waals surface area contributed by atoms with Crippen molar-refractivity contribution in [1.29, 1.82) is 0 Å². The fourth-order valence-electron chi connectivity index (χ4n) is 1.91. The van der Waals surface area contributed by atoms with Crippen LogP contribution in [0.1, 0.15) is 60.8 Å². The molecule has 0 bridgehead atoms. The minimum Gasteiger partial charge on any atom is -0.329 e. The Bertz CT molecular complexity index is 207. The quantitative estimate of drug-likeness (QED) is 0.740. The van der Waals surface area contributed by atoms with Crippen LogP contribution >= 0.6 is 0 Å². The zero-order chi connectivity index (χ0) is 13.7. The standard InChI is InChI=1S/C15H34N2/c1-8-13(2)11-17(7)15(6,12-16)10-9-14(3,4)5/h13H,8-12,16H2,1-7H3. The number of likely N-dealkylation sites (N-methyl/N-ethyl adjacent to an activating group) is 1. The molecule has 2 heteroatoms. The highest BCUT2D eigenvalue weighted by atomic mass is 15.2. The van der Waals surface area contributed by atoms with Gasteiger partial charge < -0.3 is 5.73 Å². The Balaban J connectivity index is 4.43. The SMILES string of the molecule is CCC(C)CN(C)C(C)(CN)CCC(C)(C)C. The van der Waals surface area contributed by atoms with Crippen LogP contribution in [0.2, 0.25) is 0 Å². The van der Waals surface area contributed by atoms with Gasteiger partial charge in [0.05, 0.1) is 0 Å². The summed E-state index contributed by atoms with van der Waals surface area (Å²) in [6, 6.07) is 0. The zero-order valence-electron chi connectivity index (χ0n) is 13.1. The molecule has 0 aromatic heterocycles. The van der Waals surface area contributed by atoms with Crippen LogP contribution < -0.4 is 5.73 Å². The fraction of sp³-hybridized carbons (Fsp3) is 1.00. The lowest BCUT2D eigenvalue weighted by Crippen LogP contribution is -2.51. The summed E-state index contributed by atoms with van der Waals surface area (Å²) in [5.41, 5.74) is 6.56. The van der Waals surface area contributed by atoms with Gasteiger partial charge in [-0.2, -0.15) is 0 Å². The molecule has 0 radical (unpaired) electrons. The molecular formula is C15H34N2. The third kappa shape index (κ3) is 6.42. The second kappa shape index (κ2) is 6.75. The third-order valence-corrected chi connectivity index (χ3v) is 4.06. The molecule has 0 aromatic rings. The molecule has 0 heterocycles. The van der Waals surface area contributed by atoms with E-state index in [0.29, 0.717) is 5.41 Å². The van der Waals surface area contributed by atoms with Crippen molar-refractivity contribution >= 4 is 0 Å². The van der Waals surface area contributed by atoms with Crippen LogP contribution in [-0.2, 0) is 0 Å². The van der Waals surface area contributed by atoms with Gasteiger partial charge >= 0.3 is 0 Å². The van der Waals surface area contributed by atoms with E-state index in [9.17, 15) is 0 Å². The van der Waals surface area contributed by atoms with Crippen LogP contribution in [0.4, 0.5) is 0 Å². The van der Waals surface area contributed by atoms with Gasteiger partial charge in [-0.15, -0.1) is 0 Å². The average Bonchev–Trinajstić information content (AvgIpc) is 2.24. The van der Waals surface area contributed by atoms with E-state index < -0.39 is 0 Å². The molecule has 2 N–H and O–H groups in total. The first kappa shape index (κ1) is 16.9. The van der Waals surface area contributed by atoms with Crippen molar-refractivity contribution in [3.63, 3.8) is 0 Å². The highest BCUT2D eigenvalue weighted by molar-refractivity contribution is 4.87. The van der Waals surface area contributed by atoms with E-state index in [1.165, 1.54) is 19.3 Å². The molecule has 0 amide bonds. The Morgan fingerprint density at radius 3 is 2.00 bits per heavy atom. The maximum Gasteiger partial charge on any atom is 0.0300 e. The first-order chi connectivity index (χ1) is 7.64. The van der Waals surface area contributed by atoms with Gasteiger partial charge in [-0.1, -0.05) is 41.0 Å². The molecule has 0 aliphatic rings. The second-order valence-corrected chi connectivity index (χ2v) is 7.16. The maximum atomic E-state index is 6.01. The number of nitrogens with two attached hydrogens (primary N) is 1. The lowest BCUT2D eigenvalue weighted by Gasteiger charge is -2.41. The molecule has 2 unspecified atom stereocenters. The lowest BCUT2D eigenvalue weighted by atomic mass is 9.83. The smallest absolute Gasteiger partial charge is 0.0300 e. The number of rotatable bonds is 7. The van der Waals surface area contributed by atoms with Crippen LogP contribution in [0.3, 0.4) is 0 Å². The Morgan fingerprint density at radius 2 is 1.65 bits per heavy atom. The minimum absolute atomic E-state index is 0.150. The highest BCUT2D eigenvalue weighted by Gasteiger charge is 2.29. The minimum atomic E-state index is 0.150. The van der Waals surface area contributed by atoms with Gasteiger partial charge in [-0.05, 0) is 38.1 Å². The van der Waals surface area contributed by atoms with E-state index >= 15 is 0 Å². The Hall–Kier alpha value is -0.0800. The van der Waals surface area contributed by atoms with Gasteiger partial charge in [0.25, 0.3) is 0 Å². The van der Waals surface area contributed by atoms with Gasteiger partial charge in [0.15, 0.2) is 0 Å². The first-order valence-corrected chi connectivity index (χ1v) is 7.06. The highest BCUT2D eigenvalue weighted by Crippen LogP contribution is 2.28. The molecule has 0 aliphatic carbocycles. The molecule has 0 aliphatic heterocycles. The molecule has 2 atom stereocenters. The van der Waals surface area contributed by atoms with E-state index in [1.807, 2.05) is 0 Å². The van der Waals surface area contributed by atoms with E-state index in [2.05, 4.69) is 53.5 Å². The van der Waals surface area contributed by atoms with Gasteiger partial charge in [-0.25, -0.2) is 0 Å². The zero-order valence-corrected chi connectivity index (χ0v) is 13.1.